The molecule has 0 bridgehead atoms. The van der Waals surface area contributed by atoms with Crippen molar-refractivity contribution >= 4 is 17.4 Å². The number of thioether (sulfide) groups is 1. The SMILES string of the molecule is CCSc1cccc(N(CCO)C(C)C)c1C#N. The molecule has 98 valence electrons. The van der Waals surface area contributed by atoms with Gasteiger partial charge in [0.05, 0.1) is 17.9 Å². The zero-order chi connectivity index (χ0) is 13.5. The van der Waals surface area contributed by atoms with Crippen LogP contribution in [0.25, 0.3) is 0 Å². The largest absolute Gasteiger partial charge is 0.395 e. The van der Waals surface area contributed by atoms with Gasteiger partial charge < -0.3 is 10.0 Å². The van der Waals surface area contributed by atoms with Crippen molar-refractivity contribution in [2.75, 3.05) is 23.8 Å². The maximum Gasteiger partial charge on any atom is 0.103 e. The molecule has 18 heavy (non-hydrogen) atoms. The maximum atomic E-state index is 9.37. The third kappa shape index (κ3) is 3.41. The fraction of sp³-hybridized carbons (Fsp3) is 0.500. The Morgan fingerprint density at radius 2 is 2.17 bits per heavy atom. The minimum atomic E-state index is 0.0915. The fourth-order valence-corrected chi connectivity index (χ4v) is 2.69. The van der Waals surface area contributed by atoms with Crippen molar-refractivity contribution in [1.82, 2.24) is 0 Å². The van der Waals surface area contributed by atoms with Gasteiger partial charge in [-0.05, 0) is 31.7 Å². The van der Waals surface area contributed by atoms with Gasteiger partial charge in [0.25, 0.3) is 0 Å². The summed E-state index contributed by atoms with van der Waals surface area (Å²) in [7, 11) is 0. The number of nitriles is 1. The van der Waals surface area contributed by atoms with Gasteiger partial charge in [0.1, 0.15) is 6.07 Å². The summed E-state index contributed by atoms with van der Waals surface area (Å²) < 4.78 is 0. The van der Waals surface area contributed by atoms with Crippen LogP contribution in [-0.4, -0.2) is 30.1 Å². The Labute approximate surface area is 113 Å². The van der Waals surface area contributed by atoms with Crippen molar-refractivity contribution in [2.24, 2.45) is 0 Å². The van der Waals surface area contributed by atoms with Crippen LogP contribution in [0, 0.1) is 11.3 Å². The van der Waals surface area contributed by atoms with Crippen molar-refractivity contribution in [3.63, 3.8) is 0 Å². The standard InChI is InChI=1S/C14H20N2OS/c1-4-18-14-7-5-6-13(12(14)10-15)16(8-9-17)11(2)3/h5-7,11,17H,4,8-9H2,1-3H3. The van der Waals surface area contributed by atoms with Crippen LogP contribution >= 0.6 is 11.8 Å². The quantitative estimate of drug-likeness (QED) is 0.803. The molecule has 0 atom stereocenters. The Hall–Kier alpha value is -1.18. The molecule has 4 heteroatoms. The smallest absolute Gasteiger partial charge is 0.103 e. The fourth-order valence-electron chi connectivity index (χ4n) is 1.91. The first-order valence-electron chi connectivity index (χ1n) is 6.19. The molecule has 1 rings (SSSR count). The topological polar surface area (TPSA) is 47.3 Å². The molecule has 0 fully saturated rings. The van der Waals surface area contributed by atoms with Gasteiger partial charge in [-0.15, -0.1) is 11.8 Å². The lowest BCUT2D eigenvalue weighted by Crippen LogP contribution is -2.34. The molecule has 0 aromatic heterocycles. The first-order chi connectivity index (χ1) is 8.65. The summed E-state index contributed by atoms with van der Waals surface area (Å²) in [5.41, 5.74) is 1.63. The molecule has 1 aromatic carbocycles. The Kier molecular flexibility index (Phi) is 6.03. The maximum absolute atomic E-state index is 9.37. The molecule has 0 radical (unpaired) electrons. The zero-order valence-electron chi connectivity index (χ0n) is 11.2. The van der Waals surface area contributed by atoms with Gasteiger partial charge in [0, 0.05) is 17.5 Å². The van der Waals surface area contributed by atoms with Crippen LogP contribution in [0.1, 0.15) is 26.3 Å². The molecule has 0 spiro atoms. The van der Waals surface area contributed by atoms with E-state index in [1.807, 2.05) is 18.2 Å². The van der Waals surface area contributed by atoms with E-state index < -0.39 is 0 Å². The van der Waals surface area contributed by atoms with Crippen molar-refractivity contribution in [2.45, 2.75) is 31.7 Å². The molecule has 0 aliphatic carbocycles. The van der Waals surface area contributed by atoms with E-state index in [0.29, 0.717) is 12.1 Å². The molecule has 0 saturated heterocycles. The molecule has 0 aliphatic heterocycles. The lowest BCUT2D eigenvalue weighted by atomic mass is 10.1. The molecule has 0 unspecified atom stereocenters. The molecule has 0 saturated carbocycles. The van der Waals surface area contributed by atoms with Crippen molar-refractivity contribution in [1.29, 1.82) is 5.26 Å². The van der Waals surface area contributed by atoms with Gasteiger partial charge in [0.2, 0.25) is 0 Å². The average Bonchev–Trinajstić information content (AvgIpc) is 2.35. The Bertz CT molecular complexity index is 426. The second kappa shape index (κ2) is 7.30. The number of anilines is 1. The van der Waals surface area contributed by atoms with Crippen LogP contribution in [0.3, 0.4) is 0 Å². The second-order valence-electron chi connectivity index (χ2n) is 4.21. The molecule has 0 amide bonds. The number of hydrogen-bond acceptors (Lipinski definition) is 4. The third-order valence-corrected chi connectivity index (χ3v) is 3.63. The first-order valence-corrected chi connectivity index (χ1v) is 7.17. The predicted octanol–water partition coefficient (Wildman–Crippen LogP) is 2.88. The Balaban J connectivity index is 3.21. The summed E-state index contributed by atoms with van der Waals surface area (Å²) in [6.07, 6.45) is 0. The zero-order valence-corrected chi connectivity index (χ0v) is 12.0. The molecule has 1 aromatic rings. The van der Waals surface area contributed by atoms with E-state index in [2.05, 4.69) is 31.7 Å². The Morgan fingerprint density at radius 3 is 2.67 bits per heavy atom. The van der Waals surface area contributed by atoms with Gasteiger partial charge in [0.15, 0.2) is 0 Å². The number of benzene rings is 1. The highest BCUT2D eigenvalue weighted by Crippen LogP contribution is 2.31. The minimum absolute atomic E-state index is 0.0915. The van der Waals surface area contributed by atoms with Crippen molar-refractivity contribution in [3.05, 3.63) is 23.8 Å². The van der Waals surface area contributed by atoms with Crippen LogP contribution in [0.5, 0.6) is 0 Å². The monoisotopic (exact) mass is 264 g/mol. The molecule has 0 aliphatic rings. The summed E-state index contributed by atoms with van der Waals surface area (Å²) in [5, 5.41) is 18.5. The molecule has 0 heterocycles. The molecule has 1 N–H and O–H groups in total. The first kappa shape index (κ1) is 14.9. The van der Waals surface area contributed by atoms with Crippen LogP contribution in [0.4, 0.5) is 5.69 Å². The Morgan fingerprint density at radius 1 is 1.44 bits per heavy atom. The summed E-state index contributed by atoms with van der Waals surface area (Å²) >= 11 is 1.68. The highest BCUT2D eigenvalue weighted by Gasteiger charge is 2.16. The van der Waals surface area contributed by atoms with Gasteiger partial charge in [-0.3, -0.25) is 0 Å². The lowest BCUT2D eigenvalue weighted by molar-refractivity contribution is 0.299. The van der Waals surface area contributed by atoms with Crippen LogP contribution in [0.15, 0.2) is 23.1 Å². The summed E-state index contributed by atoms with van der Waals surface area (Å²) in [6.45, 7) is 6.85. The number of hydrogen-bond donors (Lipinski definition) is 1. The van der Waals surface area contributed by atoms with Crippen molar-refractivity contribution < 1.29 is 5.11 Å². The second-order valence-corrected chi connectivity index (χ2v) is 5.51. The molecule has 3 nitrogen and oxygen atoms in total. The van der Waals surface area contributed by atoms with Gasteiger partial charge in [-0.1, -0.05) is 13.0 Å². The normalized spacial score (nSPS) is 10.4. The van der Waals surface area contributed by atoms with E-state index >= 15 is 0 Å². The van der Waals surface area contributed by atoms with Crippen molar-refractivity contribution in [3.8, 4) is 6.07 Å². The van der Waals surface area contributed by atoms with Crippen LogP contribution in [-0.2, 0) is 0 Å². The van der Waals surface area contributed by atoms with Crippen LogP contribution < -0.4 is 4.90 Å². The highest BCUT2D eigenvalue weighted by molar-refractivity contribution is 7.99. The van der Waals surface area contributed by atoms with E-state index in [1.54, 1.807) is 11.8 Å². The molecular formula is C14H20N2OS. The van der Waals surface area contributed by atoms with Gasteiger partial charge in [-0.2, -0.15) is 5.26 Å². The average molecular weight is 264 g/mol. The minimum Gasteiger partial charge on any atom is -0.395 e. The summed E-state index contributed by atoms with van der Waals surface area (Å²) in [5.74, 6) is 0.944. The van der Waals surface area contributed by atoms with E-state index in [0.717, 1.165) is 16.3 Å². The van der Waals surface area contributed by atoms with Gasteiger partial charge in [-0.25, -0.2) is 0 Å². The summed E-state index contributed by atoms with van der Waals surface area (Å²) in [4.78, 5) is 3.08. The number of aliphatic hydroxyl groups is 1. The van der Waals surface area contributed by atoms with Gasteiger partial charge >= 0.3 is 0 Å². The lowest BCUT2D eigenvalue weighted by Gasteiger charge is -2.29. The van der Waals surface area contributed by atoms with E-state index in [4.69, 9.17) is 5.11 Å². The van der Waals surface area contributed by atoms with E-state index in [1.165, 1.54) is 0 Å². The number of rotatable bonds is 6. The van der Waals surface area contributed by atoms with Crippen LogP contribution in [0.2, 0.25) is 0 Å². The number of aliphatic hydroxyl groups excluding tert-OH is 1. The van der Waals surface area contributed by atoms with E-state index in [-0.39, 0.29) is 12.6 Å². The highest BCUT2D eigenvalue weighted by atomic mass is 32.2. The van der Waals surface area contributed by atoms with E-state index in [9.17, 15) is 5.26 Å². The molecular weight excluding hydrogens is 244 g/mol. The predicted molar refractivity (Wildman–Crippen MR) is 77.1 cm³/mol. The third-order valence-electron chi connectivity index (χ3n) is 2.69. The summed E-state index contributed by atoms with van der Waals surface area (Å²) in [6, 6.07) is 8.46. The number of nitrogens with zero attached hydrogens (tertiary/aromatic N) is 2.